The second kappa shape index (κ2) is 8.95. The highest BCUT2D eigenvalue weighted by Gasteiger charge is 2.41. The van der Waals surface area contributed by atoms with Crippen LogP contribution in [0.4, 0.5) is 0 Å². The zero-order chi connectivity index (χ0) is 14.8. The largest absolute Gasteiger partial charge is 0.481 e. The van der Waals surface area contributed by atoms with Gasteiger partial charge in [0, 0.05) is 6.92 Å². The van der Waals surface area contributed by atoms with Gasteiger partial charge in [-0.25, -0.2) is 4.79 Å². The van der Waals surface area contributed by atoms with Crippen LogP contribution in [0, 0.1) is 11.3 Å². The van der Waals surface area contributed by atoms with Crippen LogP contribution in [0.3, 0.4) is 0 Å². The molecule has 0 rings (SSSR count). The van der Waals surface area contributed by atoms with Crippen molar-refractivity contribution < 1.29 is 34.4 Å². The van der Waals surface area contributed by atoms with E-state index in [2.05, 4.69) is 4.74 Å². The summed E-state index contributed by atoms with van der Waals surface area (Å²) in [7, 11) is 0. The van der Waals surface area contributed by atoms with E-state index in [4.69, 9.17) is 15.5 Å². The molecule has 18 heavy (non-hydrogen) atoms. The third-order valence-electron chi connectivity index (χ3n) is 1.58. The second-order valence-electron chi connectivity index (χ2n) is 3.11. The first-order chi connectivity index (χ1) is 8.23. The van der Waals surface area contributed by atoms with E-state index in [0.717, 1.165) is 0 Å². The second-order valence-corrected chi connectivity index (χ2v) is 3.11. The highest BCUT2D eigenvalue weighted by atomic mass is 16.5. The Kier molecular flexibility index (Phi) is 9.06. The van der Waals surface area contributed by atoms with E-state index in [-0.39, 0.29) is 6.61 Å². The van der Waals surface area contributed by atoms with Crippen molar-refractivity contribution in [1.82, 2.24) is 0 Å². The number of carbonyl (C=O) groups is 3. The average molecular weight is 261 g/mol. The van der Waals surface area contributed by atoms with Gasteiger partial charge in [-0.15, -0.1) is 0 Å². The third kappa shape index (κ3) is 8.06. The summed E-state index contributed by atoms with van der Waals surface area (Å²) < 4.78 is 4.41. The Hall–Kier alpha value is -2.14. The lowest BCUT2D eigenvalue weighted by atomic mass is 9.96. The molecule has 0 radical (unpaired) electrons. The number of hydrogen-bond acceptors (Lipinski definition) is 6. The van der Waals surface area contributed by atoms with E-state index in [1.165, 1.54) is 13.8 Å². The number of aliphatic hydroxyl groups is 1. The smallest absolute Gasteiger partial charge is 0.336 e. The molecule has 0 aliphatic rings. The van der Waals surface area contributed by atoms with Gasteiger partial charge in [-0.2, -0.15) is 5.26 Å². The van der Waals surface area contributed by atoms with Gasteiger partial charge in [-0.1, -0.05) is 0 Å². The Morgan fingerprint density at radius 2 is 1.72 bits per heavy atom. The molecule has 0 aliphatic carbocycles. The van der Waals surface area contributed by atoms with Crippen LogP contribution in [0.25, 0.3) is 0 Å². The number of aliphatic carboxylic acids is 2. The van der Waals surface area contributed by atoms with E-state index in [1.54, 1.807) is 6.07 Å². The molecule has 0 fully saturated rings. The minimum Gasteiger partial charge on any atom is -0.481 e. The summed E-state index contributed by atoms with van der Waals surface area (Å²) in [5, 5.41) is 33.6. The van der Waals surface area contributed by atoms with Gasteiger partial charge in [0.15, 0.2) is 5.60 Å². The van der Waals surface area contributed by atoms with E-state index in [0.29, 0.717) is 0 Å². The average Bonchev–Trinajstić information content (AvgIpc) is 2.16. The lowest BCUT2D eigenvalue weighted by Crippen LogP contribution is -2.43. The monoisotopic (exact) mass is 261 g/mol. The molecule has 0 amide bonds. The molecule has 0 aliphatic heterocycles. The minimum absolute atomic E-state index is 0.0294. The van der Waals surface area contributed by atoms with E-state index in [9.17, 15) is 19.5 Å². The molecule has 0 bridgehead atoms. The Bertz CT molecular complexity index is 347. The highest BCUT2D eigenvalue weighted by molar-refractivity contribution is 5.88. The zero-order valence-electron chi connectivity index (χ0n) is 10.0. The normalized spacial score (nSPS) is 12.1. The van der Waals surface area contributed by atoms with Crippen molar-refractivity contribution in [3.8, 4) is 6.07 Å². The fourth-order valence-corrected chi connectivity index (χ4v) is 0.915. The van der Waals surface area contributed by atoms with Crippen molar-refractivity contribution in [2.75, 3.05) is 6.61 Å². The molecule has 8 nitrogen and oxygen atoms in total. The summed E-state index contributed by atoms with van der Waals surface area (Å²) in [5.74, 6) is -4.23. The molecular weight excluding hydrogens is 246 g/mol. The van der Waals surface area contributed by atoms with Gasteiger partial charge >= 0.3 is 17.9 Å². The lowest BCUT2D eigenvalue weighted by Gasteiger charge is -2.19. The molecule has 1 atom stereocenters. The predicted octanol–water partition coefficient (Wildman–Crippen LogP) is -0.240. The Labute approximate surface area is 103 Å². The lowest BCUT2D eigenvalue weighted by molar-refractivity contribution is -0.171. The van der Waals surface area contributed by atoms with Gasteiger partial charge in [-0.3, -0.25) is 9.59 Å². The van der Waals surface area contributed by atoms with Gasteiger partial charge in [0.05, 0.1) is 25.5 Å². The number of ether oxygens (including phenoxy) is 1. The van der Waals surface area contributed by atoms with Gasteiger partial charge < -0.3 is 20.1 Å². The number of rotatable bonds is 6. The van der Waals surface area contributed by atoms with Crippen molar-refractivity contribution >= 4 is 17.9 Å². The van der Waals surface area contributed by atoms with Crippen LogP contribution in [0.15, 0.2) is 0 Å². The van der Waals surface area contributed by atoms with Crippen LogP contribution in [-0.2, 0) is 19.1 Å². The molecule has 8 heteroatoms. The van der Waals surface area contributed by atoms with Crippen LogP contribution in [-0.4, -0.2) is 45.4 Å². The topological polar surface area (TPSA) is 145 Å². The SMILES string of the molecule is CC#N.CCOC(=O)CC(O)(CC(=O)O)C(=O)O. The third-order valence-corrected chi connectivity index (χ3v) is 1.58. The first kappa shape index (κ1) is 18.2. The standard InChI is InChI=1S/C8H12O7.C2H3N/c1-2-15-6(11)4-8(14,7(12)13)3-5(9)10;1-2-3/h14H,2-4H2,1H3,(H,9,10)(H,12,13);1H3. The fourth-order valence-electron chi connectivity index (χ4n) is 0.915. The summed E-state index contributed by atoms with van der Waals surface area (Å²) in [6.07, 6.45) is -1.94. The molecule has 102 valence electrons. The number of carboxylic acids is 2. The quantitative estimate of drug-likeness (QED) is 0.555. The highest BCUT2D eigenvalue weighted by Crippen LogP contribution is 2.16. The molecule has 0 aromatic rings. The first-order valence-electron chi connectivity index (χ1n) is 4.87. The molecular formula is C10H15NO7. The van der Waals surface area contributed by atoms with Gasteiger partial charge in [-0.05, 0) is 6.92 Å². The maximum Gasteiger partial charge on any atom is 0.336 e. The number of carboxylic acid groups (broad SMARTS) is 2. The number of nitriles is 1. The van der Waals surface area contributed by atoms with Crippen LogP contribution < -0.4 is 0 Å². The number of carbonyl (C=O) groups excluding carboxylic acids is 1. The molecule has 0 aromatic carbocycles. The van der Waals surface area contributed by atoms with Gasteiger partial charge in [0.1, 0.15) is 0 Å². The van der Waals surface area contributed by atoms with E-state index in [1.807, 2.05) is 0 Å². The first-order valence-corrected chi connectivity index (χ1v) is 4.87. The summed E-state index contributed by atoms with van der Waals surface area (Å²) in [6.45, 7) is 2.97. The maximum atomic E-state index is 10.9. The van der Waals surface area contributed by atoms with Crippen LogP contribution >= 0.6 is 0 Å². The Morgan fingerprint density at radius 1 is 1.28 bits per heavy atom. The van der Waals surface area contributed by atoms with Gasteiger partial charge in [0.2, 0.25) is 0 Å². The van der Waals surface area contributed by atoms with Crippen molar-refractivity contribution in [1.29, 1.82) is 5.26 Å². The van der Waals surface area contributed by atoms with E-state index < -0.39 is 36.4 Å². The number of esters is 1. The van der Waals surface area contributed by atoms with Gasteiger partial charge in [0.25, 0.3) is 0 Å². The van der Waals surface area contributed by atoms with E-state index >= 15 is 0 Å². The summed E-state index contributed by atoms with van der Waals surface area (Å²) in [6, 6.07) is 1.75. The number of hydrogen-bond donors (Lipinski definition) is 3. The molecule has 3 N–H and O–H groups in total. The van der Waals surface area contributed by atoms with Crippen molar-refractivity contribution in [2.45, 2.75) is 32.3 Å². The zero-order valence-corrected chi connectivity index (χ0v) is 10.0. The Balaban J connectivity index is 0. The molecule has 1 unspecified atom stereocenters. The predicted molar refractivity (Wildman–Crippen MR) is 57.4 cm³/mol. The molecule has 0 saturated heterocycles. The minimum atomic E-state index is -2.61. The summed E-state index contributed by atoms with van der Waals surface area (Å²) in [4.78, 5) is 31.8. The van der Waals surface area contributed by atoms with Crippen molar-refractivity contribution in [3.63, 3.8) is 0 Å². The summed E-state index contributed by atoms with van der Waals surface area (Å²) >= 11 is 0. The Morgan fingerprint density at radius 3 is 2.00 bits per heavy atom. The molecule has 0 aromatic heterocycles. The maximum absolute atomic E-state index is 10.9. The molecule has 0 saturated carbocycles. The van der Waals surface area contributed by atoms with Crippen molar-refractivity contribution in [3.05, 3.63) is 0 Å². The number of nitrogens with zero attached hydrogens (tertiary/aromatic N) is 1. The van der Waals surface area contributed by atoms with Crippen LogP contribution in [0.1, 0.15) is 26.7 Å². The molecule has 0 heterocycles. The van der Waals surface area contributed by atoms with Crippen LogP contribution in [0.2, 0.25) is 0 Å². The van der Waals surface area contributed by atoms with Crippen molar-refractivity contribution in [2.24, 2.45) is 0 Å². The summed E-state index contributed by atoms with van der Waals surface area (Å²) in [5.41, 5.74) is -2.61. The molecule has 0 spiro atoms. The van der Waals surface area contributed by atoms with Crippen LogP contribution in [0.5, 0.6) is 0 Å². The fraction of sp³-hybridized carbons (Fsp3) is 0.600.